The highest BCUT2D eigenvalue weighted by Crippen LogP contribution is 2.66. The predicted molar refractivity (Wildman–Crippen MR) is 139 cm³/mol. The fraction of sp³-hybridized carbons (Fsp3) is 0.679. The number of hydrogen-bond donors (Lipinski definition) is 2. The number of carbonyl (C=O) groups excluding carboxylic acids is 3. The number of benzene rings is 1. The molecule has 5 atom stereocenters. The molecule has 1 aromatic rings. The first-order valence-corrected chi connectivity index (χ1v) is 14.3. The number of nitrogens with zero attached hydrogens (tertiary/aromatic N) is 1. The molecule has 4 saturated carbocycles. The summed E-state index contributed by atoms with van der Waals surface area (Å²) < 4.78 is 6.21. The van der Waals surface area contributed by atoms with Crippen molar-refractivity contribution in [2.75, 3.05) is 13.1 Å². The number of thioether (sulfide) groups is 1. The lowest BCUT2D eigenvalue weighted by atomic mass is 9.43. The van der Waals surface area contributed by atoms with Crippen molar-refractivity contribution in [2.45, 2.75) is 88.5 Å². The van der Waals surface area contributed by atoms with Gasteiger partial charge in [-0.2, -0.15) is 0 Å². The minimum Gasteiger partial charge on any atom is -0.490 e. The molecular weight excluding hydrogens is 474 g/mol. The van der Waals surface area contributed by atoms with Gasteiger partial charge in [0.25, 0.3) is 5.24 Å². The summed E-state index contributed by atoms with van der Waals surface area (Å²) in [4.78, 5) is 38.4. The van der Waals surface area contributed by atoms with Crippen LogP contribution in [-0.2, 0) is 11.2 Å². The van der Waals surface area contributed by atoms with Crippen LogP contribution in [0.4, 0.5) is 9.59 Å². The zero-order valence-corrected chi connectivity index (χ0v) is 22.1. The summed E-state index contributed by atoms with van der Waals surface area (Å²) >= 11 is 1.05. The summed E-state index contributed by atoms with van der Waals surface area (Å²) in [7, 11) is 0. The molecule has 0 radical (unpaired) electrons. The second-order valence-corrected chi connectivity index (χ2v) is 14.1. The van der Waals surface area contributed by atoms with E-state index in [1.54, 1.807) is 0 Å². The van der Waals surface area contributed by atoms with Crippen molar-refractivity contribution >= 4 is 28.9 Å². The lowest BCUT2D eigenvalue weighted by molar-refractivity contribution is -0.119. The molecule has 4 bridgehead atoms. The largest absolute Gasteiger partial charge is 0.490 e. The van der Waals surface area contributed by atoms with E-state index < -0.39 is 0 Å². The Morgan fingerprint density at radius 1 is 1.06 bits per heavy atom. The molecule has 4 amide bonds. The van der Waals surface area contributed by atoms with Gasteiger partial charge in [0.05, 0.1) is 5.25 Å². The van der Waals surface area contributed by atoms with Gasteiger partial charge in [-0.15, -0.1) is 0 Å². The van der Waals surface area contributed by atoms with Gasteiger partial charge in [-0.05, 0) is 79.4 Å². The minimum atomic E-state index is -0.358. The monoisotopic (exact) mass is 511 g/mol. The van der Waals surface area contributed by atoms with Crippen LogP contribution >= 0.6 is 11.8 Å². The van der Waals surface area contributed by atoms with Crippen LogP contribution in [0.2, 0.25) is 0 Å². The van der Waals surface area contributed by atoms with Crippen molar-refractivity contribution in [2.24, 2.45) is 16.7 Å². The van der Waals surface area contributed by atoms with E-state index in [0.29, 0.717) is 30.3 Å². The number of urea groups is 1. The number of imide groups is 1. The predicted octanol–water partition coefficient (Wildman–Crippen LogP) is 4.88. The number of ether oxygens (including phenoxy) is 1. The molecule has 6 fully saturated rings. The molecular formula is C28H37N3O4S. The second-order valence-electron chi connectivity index (χ2n) is 12.9. The van der Waals surface area contributed by atoms with Crippen molar-refractivity contribution in [3.05, 3.63) is 29.8 Å². The van der Waals surface area contributed by atoms with E-state index in [2.05, 4.69) is 24.5 Å². The van der Waals surface area contributed by atoms with Crippen LogP contribution in [0, 0.1) is 16.7 Å². The van der Waals surface area contributed by atoms with E-state index in [9.17, 15) is 14.4 Å². The summed E-state index contributed by atoms with van der Waals surface area (Å²) in [5.74, 6) is 1.35. The average molecular weight is 512 g/mol. The summed E-state index contributed by atoms with van der Waals surface area (Å²) in [6.07, 6.45) is 9.65. The third-order valence-corrected chi connectivity index (χ3v) is 10.1. The second kappa shape index (κ2) is 8.67. The van der Waals surface area contributed by atoms with Gasteiger partial charge >= 0.3 is 6.03 Å². The van der Waals surface area contributed by atoms with Crippen molar-refractivity contribution in [3.8, 4) is 5.75 Å². The molecule has 2 heterocycles. The Balaban J connectivity index is 0.994. The molecule has 36 heavy (non-hydrogen) atoms. The van der Waals surface area contributed by atoms with Crippen LogP contribution in [-0.4, -0.2) is 52.1 Å². The van der Waals surface area contributed by atoms with Crippen LogP contribution in [0.15, 0.2) is 24.3 Å². The molecule has 2 N–H and O–H groups in total. The Morgan fingerprint density at radius 2 is 1.72 bits per heavy atom. The van der Waals surface area contributed by atoms with Crippen molar-refractivity contribution in [1.29, 1.82) is 0 Å². The zero-order valence-electron chi connectivity index (χ0n) is 21.3. The number of hydrogen-bond acceptors (Lipinski definition) is 5. The smallest absolute Gasteiger partial charge is 0.317 e. The molecule has 2 saturated heterocycles. The van der Waals surface area contributed by atoms with Crippen molar-refractivity contribution in [1.82, 2.24) is 15.5 Å². The third-order valence-electron chi connectivity index (χ3n) is 9.14. The zero-order chi connectivity index (χ0) is 25.1. The molecule has 194 valence electrons. The van der Waals surface area contributed by atoms with E-state index in [0.717, 1.165) is 61.1 Å². The SMILES string of the molecule is C[C@]12CC3CC(NC(=O)N4CCC(Oc5ccc(CC6SC(=O)NC6=O)cc5)CC4)(C1)C[C@@](C)(C3)C2. The van der Waals surface area contributed by atoms with Gasteiger partial charge in [0.15, 0.2) is 0 Å². The third kappa shape index (κ3) is 4.73. The van der Waals surface area contributed by atoms with Crippen molar-refractivity contribution < 1.29 is 19.1 Å². The Bertz CT molecular complexity index is 1050. The Morgan fingerprint density at radius 3 is 2.31 bits per heavy atom. The summed E-state index contributed by atoms with van der Waals surface area (Å²) in [6, 6.07) is 7.89. The van der Waals surface area contributed by atoms with Crippen LogP contribution < -0.4 is 15.4 Å². The number of likely N-dealkylation sites (tertiary alicyclic amines) is 1. The quantitative estimate of drug-likeness (QED) is 0.588. The van der Waals surface area contributed by atoms with E-state index in [1.807, 2.05) is 29.2 Å². The lowest BCUT2D eigenvalue weighted by Gasteiger charge is -2.65. The first-order chi connectivity index (χ1) is 17.1. The summed E-state index contributed by atoms with van der Waals surface area (Å²) in [5, 5.41) is 5.25. The molecule has 7 rings (SSSR count). The van der Waals surface area contributed by atoms with Gasteiger partial charge in [-0.25, -0.2) is 4.79 Å². The van der Waals surface area contributed by atoms with Gasteiger partial charge in [0, 0.05) is 31.5 Å². The molecule has 6 aliphatic rings. The first kappa shape index (κ1) is 24.1. The van der Waals surface area contributed by atoms with Gasteiger partial charge in [-0.1, -0.05) is 37.7 Å². The fourth-order valence-electron chi connectivity index (χ4n) is 8.71. The molecule has 3 unspecified atom stereocenters. The summed E-state index contributed by atoms with van der Waals surface area (Å²) in [5.41, 5.74) is 1.76. The van der Waals surface area contributed by atoms with Gasteiger partial charge < -0.3 is 15.0 Å². The maximum atomic E-state index is 13.3. The fourth-order valence-corrected chi connectivity index (χ4v) is 9.57. The summed E-state index contributed by atoms with van der Waals surface area (Å²) in [6.45, 7) is 6.31. The minimum absolute atomic E-state index is 0.0138. The topological polar surface area (TPSA) is 87.7 Å². The van der Waals surface area contributed by atoms with E-state index in [1.165, 1.54) is 19.3 Å². The normalized spacial score (nSPS) is 37.8. The maximum Gasteiger partial charge on any atom is 0.317 e. The number of rotatable bonds is 5. The standard InChI is InChI=1S/C28H37N3O4S/c1-26-12-19-13-27(2,15-26)17-28(14-19,16-26)30-24(33)31-9-7-21(8-10-31)35-20-5-3-18(4-6-20)11-22-23(32)29-25(34)36-22/h3-6,19,21-22H,7-17H2,1-2H3,(H,30,33)(H,29,32,34)/t19?,22?,26-,27+,28?. The van der Waals surface area contributed by atoms with Gasteiger partial charge in [0.1, 0.15) is 11.9 Å². The van der Waals surface area contributed by atoms with Crippen LogP contribution in [0.25, 0.3) is 0 Å². The molecule has 2 aliphatic heterocycles. The maximum absolute atomic E-state index is 13.3. The Hall–Kier alpha value is -2.22. The number of nitrogens with one attached hydrogen (secondary N) is 2. The molecule has 4 aliphatic carbocycles. The lowest BCUT2D eigenvalue weighted by Crippen LogP contribution is -2.66. The molecule has 8 heteroatoms. The highest BCUT2D eigenvalue weighted by atomic mass is 32.2. The number of piperidine rings is 1. The molecule has 0 spiro atoms. The van der Waals surface area contributed by atoms with Crippen LogP contribution in [0.5, 0.6) is 5.75 Å². The van der Waals surface area contributed by atoms with Gasteiger partial charge in [-0.3, -0.25) is 14.9 Å². The van der Waals surface area contributed by atoms with E-state index >= 15 is 0 Å². The highest BCUT2D eigenvalue weighted by Gasteiger charge is 2.60. The van der Waals surface area contributed by atoms with E-state index in [4.69, 9.17) is 4.74 Å². The first-order valence-electron chi connectivity index (χ1n) is 13.4. The van der Waals surface area contributed by atoms with Gasteiger partial charge in [0.2, 0.25) is 5.91 Å². The molecule has 0 aromatic heterocycles. The number of carbonyl (C=O) groups is 3. The molecule has 1 aromatic carbocycles. The average Bonchev–Trinajstić information content (AvgIpc) is 3.09. The highest BCUT2D eigenvalue weighted by molar-refractivity contribution is 8.15. The van der Waals surface area contributed by atoms with Crippen molar-refractivity contribution in [3.63, 3.8) is 0 Å². The Labute approximate surface area is 217 Å². The molecule has 7 nitrogen and oxygen atoms in total. The Kier molecular flexibility index (Phi) is 5.82. The van der Waals surface area contributed by atoms with Crippen LogP contribution in [0.3, 0.4) is 0 Å². The van der Waals surface area contributed by atoms with E-state index in [-0.39, 0.29) is 34.1 Å². The number of amides is 4. The van der Waals surface area contributed by atoms with Crippen LogP contribution in [0.1, 0.15) is 70.8 Å².